The van der Waals surface area contributed by atoms with Crippen molar-refractivity contribution in [1.29, 1.82) is 0 Å². The standard InChI is InChI=1S/C13H21ClN2/c1-13(2,3)8-10(9-15)16-12-7-5-4-6-11(12)14/h4-7,10,16H,8-9,15H2,1-3H3. The molecule has 0 bridgehead atoms. The molecule has 0 spiro atoms. The molecule has 1 aromatic carbocycles. The molecule has 3 heteroatoms. The molecular weight excluding hydrogens is 220 g/mol. The Labute approximate surface area is 103 Å². The van der Waals surface area contributed by atoms with Gasteiger partial charge in [0.15, 0.2) is 0 Å². The van der Waals surface area contributed by atoms with Crippen LogP contribution in [-0.2, 0) is 0 Å². The van der Waals surface area contributed by atoms with Crippen LogP contribution >= 0.6 is 11.6 Å². The third-order valence-electron chi connectivity index (χ3n) is 2.38. The summed E-state index contributed by atoms with van der Waals surface area (Å²) in [5, 5.41) is 4.14. The number of rotatable bonds is 4. The van der Waals surface area contributed by atoms with Crippen molar-refractivity contribution in [3.8, 4) is 0 Å². The summed E-state index contributed by atoms with van der Waals surface area (Å²) in [5.41, 5.74) is 7.00. The Kier molecular flexibility index (Phi) is 4.63. The fourth-order valence-electron chi connectivity index (χ4n) is 1.73. The van der Waals surface area contributed by atoms with E-state index in [2.05, 4.69) is 26.1 Å². The van der Waals surface area contributed by atoms with Gasteiger partial charge in [0.05, 0.1) is 10.7 Å². The first-order chi connectivity index (χ1) is 7.42. The van der Waals surface area contributed by atoms with Crippen LogP contribution in [-0.4, -0.2) is 12.6 Å². The van der Waals surface area contributed by atoms with Gasteiger partial charge >= 0.3 is 0 Å². The van der Waals surface area contributed by atoms with Gasteiger partial charge in [-0.05, 0) is 24.0 Å². The van der Waals surface area contributed by atoms with Gasteiger partial charge in [-0.15, -0.1) is 0 Å². The van der Waals surface area contributed by atoms with E-state index < -0.39 is 0 Å². The fourth-order valence-corrected chi connectivity index (χ4v) is 1.92. The van der Waals surface area contributed by atoms with Crippen LogP contribution in [0.1, 0.15) is 27.2 Å². The number of anilines is 1. The minimum Gasteiger partial charge on any atom is -0.380 e. The summed E-state index contributed by atoms with van der Waals surface area (Å²) >= 11 is 6.09. The quantitative estimate of drug-likeness (QED) is 0.845. The third kappa shape index (κ3) is 4.42. The molecule has 1 unspecified atom stereocenters. The van der Waals surface area contributed by atoms with E-state index >= 15 is 0 Å². The molecule has 0 amide bonds. The largest absolute Gasteiger partial charge is 0.380 e. The predicted octanol–water partition coefficient (Wildman–Crippen LogP) is 3.52. The molecule has 0 saturated heterocycles. The third-order valence-corrected chi connectivity index (χ3v) is 2.71. The first-order valence-corrected chi connectivity index (χ1v) is 6.01. The molecule has 0 aliphatic carbocycles. The molecule has 1 rings (SSSR count). The number of nitrogens with two attached hydrogens (primary N) is 1. The zero-order valence-electron chi connectivity index (χ0n) is 10.3. The van der Waals surface area contributed by atoms with Crippen LogP contribution in [0.4, 0.5) is 5.69 Å². The van der Waals surface area contributed by atoms with Gasteiger partial charge in [-0.25, -0.2) is 0 Å². The highest BCUT2D eigenvalue weighted by Crippen LogP contribution is 2.25. The molecule has 0 heterocycles. The van der Waals surface area contributed by atoms with Crippen LogP contribution < -0.4 is 11.1 Å². The second kappa shape index (κ2) is 5.55. The van der Waals surface area contributed by atoms with Crippen LogP contribution in [0.5, 0.6) is 0 Å². The van der Waals surface area contributed by atoms with Crippen molar-refractivity contribution >= 4 is 17.3 Å². The lowest BCUT2D eigenvalue weighted by molar-refractivity contribution is 0.351. The summed E-state index contributed by atoms with van der Waals surface area (Å²) in [6.07, 6.45) is 1.02. The van der Waals surface area contributed by atoms with Crippen molar-refractivity contribution < 1.29 is 0 Å². The smallest absolute Gasteiger partial charge is 0.0637 e. The summed E-state index contributed by atoms with van der Waals surface area (Å²) in [6.45, 7) is 7.25. The average molecular weight is 241 g/mol. The maximum Gasteiger partial charge on any atom is 0.0637 e. The SMILES string of the molecule is CC(C)(C)CC(CN)Nc1ccccc1Cl. The van der Waals surface area contributed by atoms with Gasteiger partial charge in [0.25, 0.3) is 0 Å². The lowest BCUT2D eigenvalue weighted by Crippen LogP contribution is -2.33. The molecule has 2 nitrogen and oxygen atoms in total. The summed E-state index contributed by atoms with van der Waals surface area (Å²) in [6, 6.07) is 8.02. The molecule has 0 saturated carbocycles. The van der Waals surface area contributed by atoms with E-state index in [9.17, 15) is 0 Å². The highest BCUT2D eigenvalue weighted by atomic mass is 35.5. The molecule has 0 radical (unpaired) electrons. The minimum absolute atomic E-state index is 0.262. The maximum absolute atomic E-state index is 6.09. The van der Waals surface area contributed by atoms with Gasteiger partial charge < -0.3 is 11.1 Å². The molecule has 90 valence electrons. The van der Waals surface area contributed by atoms with Gasteiger partial charge in [0.1, 0.15) is 0 Å². The predicted molar refractivity (Wildman–Crippen MR) is 72.0 cm³/mol. The average Bonchev–Trinajstić information content (AvgIpc) is 2.18. The van der Waals surface area contributed by atoms with Crippen LogP contribution in [0.15, 0.2) is 24.3 Å². The van der Waals surface area contributed by atoms with E-state index in [0.29, 0.717) is 6.54 Å². The van der Waals surface area contributed by atoms with Crippen molar-refractivity contribution in [3.63, 3.8) is 0 Å². The fraction of sp³-hybridized carbons (Fsp3) is 0.538. The zero-order valence-corrected chi connectivity index (χ0v) is 11.0. The molecular formula is C13H21ClN2. The first kappa shape index (κ1) is 13.3. The van der Waals surface area contributed by atoms with E-state index in [1.807, 2.05) is 24.3 Å². The van der Waals surface area contributed by atoms with Crippen LogP contribution in [0.3, 0.4) is 0 Å². The molecule has 1 atom stereocenters. The number of halogens is 1. The highest BCUT2D eigenvalue weighted by Gasteiger charge is 2.17. The Morgan fingerprint density at radius 3 is 2.44 bits per heavy atom. The van der Waals surface area contributed by atoms with E-state index in [1.165, 1.54) is 0 Å². The zero-order chi connectivity index (χ0) is 12.2. The Morgan fingerprint density at radius 1 is 1.31 bits per heavy atom. The van der Waals surface area contributed by atoms with Gasteiger partial charge in [0, 0.05) is 12.6 Å². The van der Waals surface area contributed by atoms with Crippen LogP contribution in [0.2, 0.25) is 5.02 Å². The summed E-state index contributed by atoms with van der Waals surface area (Å²) in [4.78, 5) is 0. The Balaban J connectivity index is 2.67. The minimum atomic E-state index is 0.262. The topological polar surface area (TPSA) is 38.0 Å². The van der Waals surface area contributed by atoms with Crippen molar-refractivity contribution in [2.75, 3.05) is 11.9 Å². The molecule has 0 aliphatic heterocycles. The highest BCUT2D eigenvalue weighted by molar-refractivity contribution is 6.33. The van der Waals surface area contributed by atoms with E-state index in [4.69, 9.17) is 17.3 Å². The number of para-hydroxylation sites is 1. The molecule has 3 N–H and O–H groups in total. The summed E-state index contributed by atoms with van der Waals surface area (Å²) < 4.78 is 0. The van der Waals surface area contributed by atoms with Gasteiger partial charge in [0.2, 0.25) is 0 Å². The second-order valence-corrected chi connectivity index (χ2v) is 5.73. The maximum atomic E-state index is 6.09. The first-order valence-electron chi connectivity index (χ1n) is 5.63. The Morgan fingerprint density at radius 2 is 1.94 bits per heavy atom. The van der Waals surface area contributed by atoms with E-state index in [0.717, 1.165) is 17.1 Å². The lowest BCUT2D eigenvalue weighted by Gasteiger charge is -2.26. The molecule has 0 aliphatic rings. The summed E-state index contributed by atoms with van der Waals surface area (Å²) in [5.74, 6) is 0. The lowest BCUT2D eigenvalue weighted by atomic mass is 9.88. The van der Waals surface area contributed by atoms with E-state index in [1.54, 1.807) is 0 Å². The molecule has 0 fully saturated rings. The van der Waals surface area contributed by atoms with Crippen molar-refractivity contribution in [1.82, 2.24) is 0 Å². The van der Waals surface area contributed by atoms with Crippen molar-refractivity contribution in [2.45, 2.75) is 33.2 Å². The monoisotopic (exact) mass is 240 g/mol. The number of hydrogen-bond acceptors (Lipinski definition) is 2. The summed E-state index contributed by atoms with van der Waals surface area (Å²) in [7, 11) is 0. The van der Waals surface area contributed by atoms with Gasteiger partial charge in [-0.3, -0.25) is 0 Å². The Bertz CT molecular complexity index is 331. The molecule has 0 aromatic heterocycles. The molecule has 1 aromatic rings. The number of benzene rings is 1. The normalized spacial score (nSPS) is 13.6. The second-order valence-electron chi connectivity index (χ2n) is 5.32. The van der Waals surface area contributed by atoms with Crippen molar-refractivity contribution in [3.05, 3.63) is 29.3 Å². The van der Waals surface area contributed by atoms with Crippen LogP contribution in [0, 0.1) is 5.41 Å². The molecule has 16 heavy (non-hydrogen) atoms. The van der Waals surface area contributed by atoms with Gasteiger partial charge in [-0.2, -0.15) is 0 Å². The van der Waals surface area contributed by atoms with E-state index in [-0.39, 0.29) is 11.5 Å². The van der Waals surface area contributed by atoms with Gasteiger partial charge in [-0.1, -0.05) is 44.5 Å². The van der Waals surface area contributed by atoms with Crippen molar-refractivity contribution in [2.24, 2.45) is 11.1 Å². The van der Waals surface area contributed by atoms with Crippen LogP contribution in [0.25, 0.3) is 0 Å². The number of nitrogens with one attached hydrogen (secondary N) is 1. The Hall–Kier alpha value is -0.730. The number of hydrogen-bond donors (Lipinski definition) is 2.